The van der Waals surface area contributed by atoms with E-state index in [0.717, 1.165) is 12.8 Å². The third-order valence-corrected chi connectivity index (χ3v) is 2.94. The SMILES string of the molecule is C[C@@H](OC(=O)COc1ccc(C#N)cc1)C(=O)NC1CC1. The summed E-state index contributed by atoms with van der Waals surface area (Å²) in [5, 5.41) is 11.4. The lowest BCUT2D eigenvalue weighted by Crippen LogP contribution is -2.37. The van der Waals surface area contributed by atoms with Crippen molar-refractivity contribution >= 4 is 11.9 Å². The number of benzene rings is 1. The van der Waals surface area contributed by atoms with Crippen LogP contribution in [0.2, 0.25) is 0 Å². The summed E-state index contributed by atoms with van der Waals surface area (Å²) < 4.78 is 10.2. The third-order valence-electron chi connectivity index (χ3n) is 2.94. The number of nitriles is 1. The highest BCUT2D eigenvalue weighted by atomic mass is 16.6. The fourth-order valence-corrected chi connectivity index (χ4v) is 1.60. The van der Waals surface area contributed by atoms with Crippen molar-refractivity contribution in [3.05, 3.63) is 29.8 Å². The zero-order valence-electron chi connectivity index (χ0n) is 11.7. The van der Waals surface area contributed by atoms with Crippen LogP contribution in [-0.2, 0) is 14.3 Å². The van der Waals surface area contributed by atoms with Crippen molar-refractivity contribution in [3.63, 3.8) is 0 Å². The molecule has 0 aromatic heterocycles. The number of hydrogen-bond acceptors (Lipinski definition) is 5. The molecule has 1 aromatic rings. The monoisotopic (exact) mass is 288 g/mol. The van der Waals surface area contributed by atoms with E-state index in [0.29, 0.717) is 11.3 Å². The van der Waals surface area contributed by atoms with Gasteiger partial charge in [0.25, 0.3) is 5.91 Å². The molecule has 0 unspecified atom stereocenters. The molecule has 0 radical (unpaired) electrons. The molecule has 2 rings (SSSR count). The summed E-state index contributed by atoms with van der Waals surface area (Å²) in [5.41, 5.74) is 0.510. The molecule has 1 fully saturated rings. The van der Waals surface area contributed by atoms with Crippen molar-refractivity contribution in [3.8, 4) is 11.8 Å². The average molecular weight is 288 g/mol. The van der Waals surface area contributed by atoms with Crippen LogP contribution in [0.1, 0.15) is 25.3 Å². The standard InChI is InChI=1S/C15H16N2O4/c1-10(15(19)17-12-4-5-12)21-14(18)9-20-13-6-2-11(8-16)3-7-13/h2-3,6-7,10,12H,4-5,9H2,1H3,(H,17,19)/t10-/m1/s1. The molecular weight excluding hydrogens is 272 g/mol. The van der Waals surface area contributed by atoms with Crippen molar-refractivity contribution in [1.29, 1.82) is 5.26 Å². The first-order valence-electron chi connectivity index (χ1n) is 6.71. The minimum absolute atomic E-state index is 0.230. The van der Waals surface area contributed by atoms with Crippen LogP contribution in [0.25, 0.3) is 0 Å². The van der Waals surface area contributed by atoms with E-state index in [2.05, 4.69) is 5.32 Å². The Morgan fingerprint density at radius 2 is 2.05 bits per heavy atom. The Morgan fingerprint density at radius 1 is 1.38 bits per heavy atom. The fourth-order valence-electron chi connectivity index (χ4n) is 1.60. The van der Waals surface area contributed by atoms with Crippen LogP contribution < -0.4 is 10.1 Å². The zero-order valence-corrected chi connectivity index (χ0v) is 11.7. The van der Waals surface area contributed by atoms with E-state index in [-0.39, 0.29) is 18.6 Å². The van der Waals surface area contributed by atoms with E-state index in [1.165, 1.54) is 6.92 Å². The second-order valence-electron chi connectivity index (χ2n) is 4.84. The van der Waals surface area contributed by atoms with E-state index in [9.17, 15) is 9.59 Å². The lowest BCUT2D eigenvalue weighted by Gasteiger charge is -2.13. The maximum atomic E-state index is 11.6. The van der Waals surface area contributed by atoms with Gasteiger partial charge < -0.3 is 14.8 Å². The highest BCUT2D eigenvalue weighted by Gasteiger charge is 2.27. The van der Waals surface area contributed by atoms with Gasteiger partial charge >= 0.3 is 5.97 Å². The number of amides is 1. The molecule has 0 spiro atoms. The molecular formula is C15H16N2O4. The second-order valence-corrected chi connectivity index (χ2v) is 4.84. The maximum absolute atomic E-state index is 11.6. The highest BCUT2D eigenvalue weighted by molar-refractivity contribution is 5.84. The molecule has 1 aromatic carbocycles. The minimum atomic E-state index is -0.831. The quantitative estimate of drug-likeness (QED) is 0.793. The Hall–Kier alpha value is -2.55. The Balaban J connectivity index is 1.73. The van der Waals surface area contributed by atoms with Gasteiger partial charge in [-0.1, -0.05) is 0 Å². The van der Waals surface area contributed by atoms with Gasteiger partial charge in [-0.25, -0.2) is 4.79 Å². The number of ether oxygens (including phenoxy) is 2. The highest BCUT2D eigenvalue weighted by Crippen LogP contribution is 2.18. The summed E-state index contributed by atoms with van der Waals surface area (Å²) in [4.78, 5) is 23.2. The first kappa shape index (κ1) is 14.9. The van der Waals surface area contributed by atoms with Crippen LogP contribution in [-0.4, -0.2) is 30.6 Å². The molecule has 0 bridgehead atoms. The van der Waals surface area contributed by atoms with E-state index in [4.69, 9.17) is 14.7 Å². The topological polar surface area (TPSA) is 88.4 Å². The summed E-state index contributed by atoms with van der Waals surface area (Å²) in [5.74, 6) is -0.442. The van der Waals surface area contributed by atoms with E-state index in [1.807, 2.05) is 6.07 Å². The summed E-state index contributed by atoms with van der Waals surface area (Å²) in [6.07, 6.45) is 1.13. The molecule has 0 saturated heterocycles. The van der Waals surface area contributed by atoms with Crippen molar-refractivity contribution < 1.29 is 19.1 Å². The van der Waals surface area contributed by atoms with Crippen molar-refractivity contribution in [1.82, 2.24) is 5.32 Å². The van der Waals surface area contributed by atoms with Gasteiger partial charge in [-0.15, -0.1) is 0 Å². The Morgan fingerprint density at radius 3 is 2.62 bits per heavy atom. The molecule has 0 aliphatic heterocycles. The maximum Gasteiger partial charge on any atom is 0.344 e. The average Bonchev–Trinajstić information content (AvgIpc) is 3.29. The van der Waals surface area contributed by atoms with Crippen LogP contribution in [0.15, 0.2) is 24.3 Å². The molecule has 6 heteroatoms. The van der Waals surface area contributed by atoms with Gasteiger partial charge in [-0.3, -0.25) is 4.79 Å². The van der Waals surface area contributed by atoms with Crippen molar-refractivity contribution in [2.75, 3.05) is 6.61 Å². The summed E-state index contributed by atoms with van der Waals surface area (Å²) in [7, 11) is 0. The van der Waals surface area contributed by atoms with Gasteiger partial charge in [0.1, 0.15) is 5.75 Å². The largest absolute Gasteiger partial charge is 0.482 e. The van der Waals surface area contributed by atoms with Gasteiger partial charge in [-0.05, 0) is 44.0 Å². The molecule has 6 nitrogen and oxygen atoms in total. The van der Waals surface area contributed by atoms with Gasteiger partial charge in [-0.2, -0.15) is 5.26 Å². The smallest absolute Gasteiger partial charge is 0.344 e. The lowest BCUT2D eigenvalue weighted by molar-refractivity contribution is -0.156. The van der Waals surface area contributed by atoms with Crippen molar-refractivity contribution in [2.45, 2.75) is 31.9 Å². The van der Waals surface area contributed by atoms with Crippen LogP contribution in [0, 0.1) is 11.3 Å². The number of nitrogens with one attached hydrogen (secondary N) is 1. The Bertz CT molecular complexity index is 558. The van der Waals surface area contributed by atoms with Gasteiger partial charge in [0.15, 0.2) is 12.7 Å². The normalized spacial score (nSPS) is 14.7. The van der Waals surface area contributed by atoms with E-state index < -0.39 is 12.1 Å². The van der Waals surface area contributed by atoms with Gasteiger partial charge in [0.05, 0.1) is 11.6 Å². The summed E-state index contributed by atoms with van der Waals surface area (Å²) >= 11 is 0. The zero-order chi connectivity index (χ0) is 15.2. The first-order chi connectivity index (χ1) is 10.1. The predicted octanol–water partition coefficient (Wildman–Crippen LogP) is 1.15. The molecule has 1 amide bonds. The predicted molar refractivity (Wildman–Crippen MR) is 73.4 cm³/mol. The summed E-state index contributed by atoms with van der Waals surface area (Å²) in [6.45, 7) is 1.24. The molecule has 110 valence electrons. The third kappa shape index (κ3) is 4.80. The Labute approximate surface area is 122 Å². The molecule has 1 atom stereocenters. The van der Waals surface area contributed by atoms with E-state index in [1.54, 1.807) is 24.3 Å². The van der Waals surface area contributed by atoms with Gasteiger partial charge in [0, 0.05) is 6.04 Å². The Kier molecular flexibility index (Phi) is 4.77. The number of carbonyl (C=O) groups excluding carboxylic acids is 2. The number of carbonyl (C=O) groups is 2. The van der Waals surface area contributed by atoms with Crippen molar-refractivity contribution in [2.24, 2.45) is 0 Å². The minimum Gasteiger partial charge on any atom is -0.482 e. The molecule has 1 aliphatic rings. The van der Waals surface area contributed by atoms with Crippen LogP contribution in [0.5, 0.6) is 5.75 Å². The molecule has 1 aliphatic carbocycles. The van der Waals surface area contributed by atoms with Crippen LogP contribution >= 0.6 is 0 Å². The molecule has 0 heterocycles. The van der Waals surface area contributed by atoms with Crippen LogP contribution in [0.4, 0.5) is 0 Å². The second kappa shape index (κ2) is 6.75. The first-order valence-corrected chi connectivity index (χ1v) is 6.71. The van der Waals surface area contributed by atoms with Gasteiger partial charge in [0.2, 0.25) is 0 Å². The summed E-state index contributed by atoms with van der Waals surface area (Å²) in [6, 6.07) is 8.58. The molecule has 1 N–H and O–H groups in total. The van der Waals surface area contributed by atoms with E-state index >= 15 is 0 Å². The lowest BCUT2D eigenvalue weighted by atomic mass is 10.2. The van der Waals surface area contributed by atoms with Crippen LogP contribution in [0.3, 0.4) is 0 Å². The molecule has 21 heavy (non-hydrogen) atoms. The number of rotatable bonds is 6. The number of hydrogen-bond donors (Lipinski definition) is 1. The molecule has 1 saturated carbocycles. The number of esters is 1. The number of nitrogens with zero attached hydrogens (tertiary/aromatic N) is 1. The fraction of sp³-hybridized carbons (Fsp3) is 0.400.